The Labute approximate surface area is 140 Å². The van der Waals surface area contributed by atoms with Gasteiger partial charge in [0.25, 0.3) is 0 Å². The number of allylic oxidation sites excluding steroid dienone is 1. The summed E-state index contributed by atoms with van der Waals surface area (Å²) in [7, 11) is 4.63. The van der Waals surface area contributed by atoms with Crippen molar-refractivity contribution >= 4 is 11.9 Å². The van der Waals surface area contributed by atoms with Gasteiger partial charge in [0.1, 0.15) is 5.75 Å². The number of Topliss-reactive ketones (excluding diaryl/α,β-unsaturated/α-hetero) is 1. The molecular formula is C19H18O5. The van der Waals surface area contributed by atoms with Gasteiger partial charge in [0, 0.05) is 23.1 Å². The monoisotopic (exact) mass is 326 g/mol. The summed E-state index contributed by atoms with van der Waals surface area (Å²) in [5.41, 5.74) is 2.59. The lowest BCUT2D eigenvalue weighted by atomic mass is 10.1. The van der Waals surface area contributed by atoms with E-state index in [0.29, 0.717) is 40.4 Å². The van der Waals surface area contributed by atoms with Crippen molar-refractivity contribution in [1.82, 2.24) is 0 Å². The van der Waals surface area contributed by atoms with Crippen LogP contribution in [0.4, 0.5) is 0 Å². The molecular weight excluding hydrogens is 308 g/mol. The second-order valence-corrected chi connectivity index (χ2v) is 5.44. The fourth-order valence-corrected chi connectivity index (χ4v) is 2.92. The Kier molecular flexibility index (Phi) is 4.16. The molecule has 1 aliphatic rings. The Morgan fingerprint density at radius 1 is 1.04 bits per heavy atom. The largest absolute Gasteiger partial charge is 0.508 e. The van der Waals surface area contributed by atoms with Gasteiger partial charge in [-0.25, -0.2) is 0 Å². The maximum absolute atomic E-state index is 12.5. The van der Waals surface area contributed by atoms with Gasteiger partial charge < -0.3 is 19.3 Å². The third-order valence-corrected chi connectivity index (χ3v) is 4.08. The number of carbonyl (C=O) groups is 1. The molecule has 0 saturated heterocycles. The van der Waals surface area contributed by atoms with Crippen LogP contribution < -0.4 is 14.2 Å². The number of phenolic OH excluding ortho intramolecular Hbond substituents is 1. The molecule has 24 heavy (non-hydrogen) atoms. The molecule has 2 aromatic rings. The third kappa shape index (κ3) is 2.58. The van der Waals surface area contributed by atoms with Crippen LogP contribution in [0.15, 0.2) is 35.9 Å². The molecule has 0 aromatic heterocycles. The number of carbonyl (C=O) groups excluding carboxylic acids is 1. The highest BCUT2D eigenvalue weighted by Gasteiger charge is 2.27. The first-order chi connectivity index (χ1) is 11.6. The Morgan fingerprint density at radius 2 is 1.71 bits per heavy atom. The number of phenols is 1. The molecule has 1 aliphatic carbocycles. The number of ether oxygens (including phenoxy) is 3. The zero-order chi connectivity index (χ0) is 17.3. The van der Waals surface area contributed by atoms with Gasteiger partial charge in [-0.2, -0.15) is 0 Å². The Balaban J connectivity index is 2.04. The lowest BCUT2D eigenvalue weighted by Gasteiger charge is -2.13. The minimum Gasteiger partial charge on any atom is -0.508 e. The van der Waals surface area contributed by atoms with E-state index in [1.54, 1.807) is 57.7 Å². The number of benzene rings is 2. The lowest BCUT2D eigenvalue weighted by molar-refractivity contribution is 0.104. The van der Waals surface area contributed by atoms with Crippen LogP contribution in [0.25, 0.3) is 6.08 Å². The van der Waals surface area contributed by atoms with Crippen LogP contribution in [0.1, 0.15) is 21.5 Å². The van der Waals surface area contributed by atoms with E-state index in [1.807, 2.05) is 0 Å². The fraction of sp³-hybridized carbons (Fsp3) is 0.211. The van der Waals surface area contributed by atoms with Crippen molar-refractivity contribution < 1.29 is 24.1 Å². The summed E-state index contributed by atoms with van der Waals surface area (Å²) >= 11 is 0. The minimum absolute atomic E-state index is 0.0744. The molecule has 0 amide bonds. The van der Waals surface area contributed by atoms with Gasteiger partial charge in [-0.3, -0.25) is 4.79 Å². The van der Waals surface area contributed by atoms with Crippen molar-refractivity contribution in [3.05, 3.63) is 52.6 Å². The van der Waals surface area contributed by atoms with Gasteiger partial charge in [0.2, 0.25) is 5.75 Å². The number of aromatic hydroxyl groups is 1. The number of fused-ring (bicyclic) bond motifs is 1. The Bertz CT molecular complexity index is 811. The molecule has 5 heteroatoms. The van der Waals surface area contributed by atoms with E-state index in [2.05, 4.69) is 0 Å². The van der Waals surface area contributed by atoms with E-state index in [4.69, 9.17) is 14.2 Å². The van der Waals surface area contributed by atoms with Crippen LogP contribution in [0.3, 0.4) is 0 Å². The second-order valence-electron chi connectivity index (χ2n) is 5.44. The average molecular weight is 326 g/mol. The van der Waals surface area contributed by atoms with E-state index >= 15 is 0 Å². The first-order valence-corrected chi connectivity index (χ1v) is 7.45. The SMILES string of the molecule is COc1cc(/C=C2\Cc3c(O)cccc3C2=O)cc(OC)c1OC. The summed E-state index contributed by atoms with van der Waals surface area (Å²) in [4.78, 5) is 12.5. The molecule has 5 nitrogen and oxygen atoms in total. The molecule has 3 rings (SSSR count). The van der Waals surface area contributed by atoms with Crippen LogP contribution in [-0.4, -0.2) is 32.2 Å². The predicted octanol–water partition coefficient (Wildman–Crippen LogP) is 3.24. The number of methoxy groups -OCH3 is 3. The molecule has 0 fully saturated rings. The molecule has 0 bridgehead atoms. The predicted molar refractivity (Wildman–Crippen MR) is 90.2 cm³/mol. The summed E-state index contributed by atoms with van der Waals surface area (Å²) in [6.45, 7) is 0. The van der Waals surface area contributed by atoms with E-state index in [-0.39, 0.29) is 11.5 Å². The molecule has 1 N–H and O–H groups in total. The molecule has 2 aromatic carbocycles. The number of hydrogen-bond acceptors (Lipinski definition) is 5. The summed E-state index contributed by atoms with van der Waals surface area (Å²) in [5, 5.41) is 9.93. The summed E-state index contributed by atoms with van der Waals surface area (Å²) in [6.07, 6.45) is 2.18. The van der Waals surface area contributed by atoms with Crippen molar-refractivity contribution in [2.45, 2.75) is 6.42 Å². The highest BCUT2D eigenvalue weighted by molar-refractivity contribution is 6.16. The van der Waals surface area contributed by atoms with E-state index in [0.717, 1.165) is 5.56 Å². The maximum Gasteiger partial charge on any atom is 0.203 e. The van der Waals surface area contributed by atoms with Crippen molar-refractivity contribution in [2.24, 2.45) is 0 Å². The number of rotatable bonds is 4. The molecule has 0 heterocycles. The van der Waals surface area contributed by atoms with Crippen LogP contribution in [0, 0.1) is 0 Å². The molecule has 0 radical (unpaired) electrons. The fourth-order valence-electron chi connectivity index (χ4n) is 2.92. The van der Waals surface area contributed by atoms with Crippen molar-refractivity contribution in [3.8, 4) is 23.0 Å². The van der Waals surface area contributed by atoms with Gasteiger partial charge in [-0.05, 0) is 29.8 Å². The first-order valence-electron chi connectivity index (χ1n) is 7.45. The average Bonchev–Trinajstić information content (AvgIpc) is 2.91. The van der Waals surface area contributed by atoms with Crippen molar-refractivity contribution in [3.63, 3.8) is 0 Å². The lowest BCUT2D eigenvalue weighted by Crippen LogP contribution is -1.97. The summed E-state index contributed by atoms with van der Waals surface area (Å²) < 4.78 is 16.0. The smallest absolute Gasteiger partial charge is 0.203 e. The maximum atomic E-state index is 12.5. The van der Waals surface area contributed by atoms with Crippen molar-refractivity contribution in [1.29, 1.82) is 0 Å². The van der Waals surface area contributed by atoms with Gasteiger partial charge in [0.05, 0.1) is 21.3 Å². The van der Waals surface area contributed by atoms with Crippen LogP contribution in [-0.2, 0) is 6.42 Å². The second kappa shape index (κ2) is 6.28. The molecule has 0 unspecified atom stereocenters. The number of hydrogen-bond donors (Lipinski definition) is 1. The third-order valence-electron chi connectivity index (χ3n) is 4.08. The van der Waals surface area contributed by atoms with Crippen LogP contribution in [0.2, 0.25) is 0 Å². The van der Waals surface area contributed by atoms with Crippen LogP contribution >= 0.6 is 0 Å². The Morgan fingerprint density at radius 3 is 2.25 bits per heavy atom. The van der Waals surface area contributed by atoms with Gasteiger partial charge in [0.15, 0.2) is 17.3 Å². The van der Waals surface area contributed by atoms with Gasteiger partial charge in [-0.15, -0.1) is 0 Å². The highest BCUT2D eigenvalue weighted by Crippen LogP contribution is 2.40. The minimum atomic E-state index is -0.0744. The quantitative estimate of drug-likeness (QED) is 0.874. The van der Waals surface area contributed by atoms with Gasteiger partial charge >= 0.3 is 0 Å². The molecule has 0 spiro atoms. The van der Waals surface area contributed by atoms with Crippen molar-refractivity contribution in [2.75, 3.05) is 21.3 Å². The Hall–Kier alpha value is -2.95. The first kappa shape index (κ1) is 15.9. The summed E-state index contributed by atoms with van der Waals surface area (Å²) in [5.74, 6) is 1.62. The standard InChI is InChI=1S/C19H18O5/c1-22-16-8-11(9-17(23-2)19(16)24-3)7-12-10-14-13(18(12)21)5-4-6-15(14)20/h4-9,20H,10H2,1-3H3/b12-7+. The molecule has 0 aliphatic heterocycles. The van der Waals surface area contributed by atoms with Crippen LogP contribution in [0.5, 0.6) is 23.0 Å². The summed E-state index contributed by atoms with van der Waals surface area (Å²) in [6, 6.07) is 8.56. The van der Waals surface area contributed by atoms with E-state index < -0.39 is 0 Å². The number of ketones is 1. The zero-order valence-electron chi connectivity index (χ0n) is 13.8. The molecule has 124 valence electrons. The topological polar surface area (TPSA) is 65.0 Å². The normalized spacial score (nSPS) is 14.6. The van der Waals surface area contributed by atoms with Gasteiger partial charge in [-0.1, -0.05) is 12.1 Å². The molecule has 0 atom stereocenters. The van der Waals surface area contributed by atoms with E-state index in [9.17, 15) is 9.90 Å². The highest BCUT2D eigenvalue weighted by atomic mass is 16.5. The zero-order valence-corrected chi connectivity index (χ0v) is 13.8. The van der Waals surface area contributed by atoms with E-state index in [1.165, 1.54) is 0 Å². The molecule has 0 saturated carbocycles.